The van der Waals surface area contributed by atoms with Gasteiger partial charge in [-0.15, -0.1) is 0 Å². The number of anilines is 1. The van der Waals surface area contributed by atoms with Gasteiger partial charge >= 0.3 is 0 Å². The number of aromatic nitrogens is 2. The fraction of sp³-hybridized carbons (Fsp3) is 0. The lowest BCUT2D eigenvalue weighted by molar-refractivity contribution is 0.556. The Hall–Kier alpha value is -1.54. The molecule has 18 heavy (non-hydrogen) atoms. The monoisotopic (exact) mass is 331 g/mol. The van der Waals surface area contributed by atoms with Gasteiger partial charge in [-0.1, -0.05) is 6.07 Å². The third kappa shape index (κ3) is 2.82. The van der Waals surface area contributed by atoms with E-state index in [2.05, 4.69) is 30.6 Å². The van der Waals surface area contributed by atoms with Crippen molar-refractivity contribution in [3.63, 3.8) is 0 Å². The van der Waals surface area contributed by atoms with E-state index in [9.17, 15) is 12.8 Å². The van der Waals surface area contributed by atoms with E-state index in [-0.39, 0.29) is 5.82 Å². The first kappa shape index (κ1) is 12.9. The zero-order valence-corrected chi connectivity index (χ0v) is 11.2. The SMILES string of the molecule is O=S(=O)(Nc1cccc(Br)n1)c1ncccc1F. The zero-order chi connectivity index (χ0) is 13.2. The molecule has 0 atom stereocenters. The van der Waals surface area contributed by atoms with Gasteiger partial charge in [0.2, 0.25) is 5.03 Å². The number of nitrogens with zero attached hydrogens (tertiary/aromatic N) is 2. The van der Waals surface area contributed by atoms with Crippen LogP contribution in [0.25, 0.3) is 0 Å². The zero-order valence-electron chi connectivity index (χ0n) is 8.84. The number of sulfonamides is 1. The second-order valence-electron chi connectivity index (χ2n) is 3.24. The highest BCUT2D eigenvalue weighted by atomic mass is 79.9. The van der Waals surface area contributed by atoms with Crippen molar-refractivity contribution < 1.29 is 12.8 Å². The van der Waals surface area contributed by atoms with E-state index in [0.717, 1.165) is 6.07 Å². The van der Waals surface area contributed by atoms with Gasteiger partial charge < -0.3 is 0 Å². The minimum atomic E-state index is -4.08. The highest BCUT2D eigenvalue weighted by Crippen LogP contribution is 2.16. The molecule has 0 saturated carbocycles. The molecule has 0 saturated heterocycles. The Morgan fingerprint density at radius 2 is 2.00 bits per heavy atom. The molecule has 0 fully saturated rings. The minimum Gasteiger partial charge on any atom is -0.262 e. The van der Waals surface area contributed by atoms with Crippen molar-refractivity contribution in [1.29, 1.82) is 0 Å². The molecule has 8 heteroatoms. The van der Waals surface area contributed by atoms with Crippen LogP contribution >= 0.6 is 15.9 Å². The fourth-order valence-corrected chi connectivity index (χ4v) is 2.57. The summed E-state index contributed by atoms with van der Waals surface area (Å²) in [6.45, 7) is 0. The summed E-state index contributed by atoms with van der Waals surface area (Å²) in [5, 5.41) is -0.660. The topological polar surface area (TPSA) is 72.0 Å². The Labute approximate surface area is 111 Å². The first-order valence-electron chi connectivity index (χ1n) is 4.75. The maximum absolute atomic E-state index is 13.4. The summed E-state index contributed by atoms with van der Waals surface area (Å²) >= 11 is 3.10. The van der Waals surface area contributed by atoms with Crippen LogP contribution in [0.3, 0.4) is 0 Å². The molecule has 0 unspecified atom stereocenters. The molecule has 0 aromatic carbocycles. The summed E-state index contributed by atoms with van der Waals surface area (Å²) < 4.78 is 39.7. The molecule has 0 radical (unpaired) electrons. The van der Waals surface area contributed by atoms with Crippen molar-refractivity contribution in [2.45, 2.75) is 5.03 Å². The van der Waals surface area contributed by atoms with E-state index < -0.39 is 20.9 Å². The van der Waals surface area contributed by atoms with Gasteiger partial charge in [0, 0.05) is 6.20 Å². The fourth-order valence-electron chi connectivity index (χ4n) is 1.22. The Balaban J connectivity index is 2.37. The molecule has 0 bridgehead atoms. The van der Waals surface area contributed by atoms with E-state index in [1.807, 2.05) is 0 Å². The predicted octanol–water partition coefficient (Wildman–Crippen LogP) is 2.18. The van der Waals surface area contributed by atoms with Gasteiger partial charge in [-0.25, -0.2) is 14.4 Å². The van der Waals surface area contributed by atoms with Crippen LogP contribution in [0.4, 0.5) is 10.2 Å². The Morgan fingerprint density at radius 1 is 1.22 bits per heavy atom. The largest absolute Gasteiger partial charge is 0.283 e. The summed E-state index contributed by atoms with van der Waals surface area (Å²) in [6, 6.07) is 7.02. The van der Waals surface area contributed by atoms with Crippen molar-refractivity contribution in [3.8, 4) is 0 Å². The molecular formula is C10H7BrFN3O2S. The Bertz CT molecular complexity index is 678. The van der Waals surface area contributed by atoms with Crippen molar-refractivity contribution in [2.24, 2.45) is 0 Å². The van der Waals surface area contributed by atoms with Gasteiger partial charge in [0.25, 0.3) is 10.0 Å². The summed E-state index contributed by atoms with van der Waals surface area (Å²) in [6.07, 6.45) is 1.20. The van der Waals surface area contributed by atoms with Gasteiger partial charge in [0.1, 0.15) is 10.4 Å². The molecule has 5 nitrogen and oxygen atoms in total. The number of hydrogen-bond donors (Lipinski definition) is 1. The van der Waals surface area contributed by atoms with E-state index in [1.54, 1.807) is 12.1 Å². The summed E-state index contributed by atoms with van der Waals surface area (Å²) in [5.74, 6) is -0.838. The second-order valence-corrected chi connectivity index (χ2v) is 5.65. The number of pyridine rings is 2. The Morgan fingerprint density at radius 3 is 2.67 bits per heavy atom. The van der Waals surface area contributed by atoms with E-state index in [4.69, 9.17) is 0 Å². The van der Waals surface area contributed by atoms with Crippen molar-refractivity contribution in [1.82, 2.24) is 9.97 Å². The number of rotatable bonds is 3. The van der Waals surface area contributed by atoms with Crippen LogP contribution in [0.15, 0.2) is 46.2 Å². The standard InChI is InChI=1S/C10H7BrFN3O2S/c11-8-4-1-5-9(14-8)15-18(16,17)10-7(12)3-2-6-13-10/h1-6H,(H,14,15). The third-order valence-corrected chi connectivity index (χ3v) is 3.66. The second kappa shape index (κ2) is 4.99. The minimum absolute atomic E-state index is 0.0782. The first-order valence-corrected chi connectivity index (χ1v) is 7.02. The average Bonchev–Trinajstić information content (AvgIpc) is 2.28. The molecular weight excluding hydrogens is 325 g/mol. The summed E-state index contributed by atoms with van der Waals surface area (Å²) in [7, 11) is -4.08. The quantitative estimate of drug-likeness (QED) is 0.875. The maximum Gasteiger partial charge on any atom is 0.283 e. The van der Waals surface area contributed by atoms with Crippen molar-refractivity contribution in [3.05, 3.63) is 46.9 Å². The molecule has 94 valence electrons. The highest BCUT2D eigenvalue weighted by molar-refractivity contribution is 9.10. The number of halogens is 2. The van der Waals surface area contributed by atoms with Crippen LogP contribution in [0, 0.1) is 5.82 Å². The van der Waals surface area contributed by atoms with Gasteiger partial charge in [0.05, 0.1) is 0 Å². The van der Waals surface area contributed by atoms with Crippen molar-refractivity contribution >= 4 is 31.8 Å². The van der Waals surface area contributed by atoms with Crippen LogP contribution in [0.2, 0.25) is 0 Å². The number of hydrogen-bond acceptors (Lipinski definition) is 4. The highest BCUT2D eigenvalue weighted by Gasteiger charge is 2.20. The lowest BCUT2D eigenvalue weighted by atomic mass is 10.5. The number of nitrogens with one attached hydrogen (secondary N) is 1. The Kier molecular flexibility index (Phi) is 3.58. The van der Waals surface area contributed by atoms with Crippen LogP contribution in [-0.4, -0.2) is 18.4 Å². The molecule has 2 heterocycles. The van der Waals surface area contributed by atoms with Gasteiger partial charge in [-0.05, 0) is 40.2 Å². The van der Waals surface area contributed by atoms with E-state index in [1.165, 1.54) is 18.3 Å². The van der Waals surface area contributed by atoms with Gasteiger partial charge in [-0.2, -0.15) is 8.42 Å². The molecule has 0 aliphatic carbocycles. The predicted molar refractivity (Wildman–Crippen MR) is 66.9 cm³/mol. The normalized spacial score (nSPS) is 11.2. The van der Waals surface area contributed by atoms with Crippen molar-refractivity contribution in [2.75, 3.05) is 4.72 Å². The molecule has 0 aliphatic heterocycles. The van der Waals surface area contributed by atoms with Crippen LogP contribution in [0.1, 0.15) is 0 Å². The van der Waals surface area contributed by atoms with E-state index in [0.29, 0.717) is 4.60 Å². The molecule has 2 rings (SSSR count). The first-order chi connectivity index (χ1) is 8.49. The van der Waals surface area contributed by atoms with Crippen LogP contribution in [0.5, 0.6) is 0 Å². The molecule has 0 amide bonds. The lowest BCUT2D eigenvalue weighted by Crippen LogP contribution is -2.16. The summed E-state index contributed by atoms with van der Waals surface area (Å²) in [5.41, 5.74) is 0. The summed E-state index contributed by atoms with van der Waals surface area (Å²) in [4.78, 5) is 7.39. The molecule has 2 aromatic heterocycles. The molecule has 0 spiro atoms. The average molecular weight is 332 g/mol. The third-order valence-electron chi connectivity index (χ3n) is 1.93. The molecule has 2 aromatic rings. The van der Waals surface area contributed by atoms with E-state index >= 15 is 0 Å². The molecule has 1 N–H and O–H groups in total. The lowest BCUT2D eigenvalue weighted by Gasteiger charge is -2.07. The maximum atomic E-state index is 13.4. The van der Waals surface area contributed by atoms with Gasteiger partial charge in [-0.3, -0.25) is 4.72 Å². The van der Waals surface area contributed by atoms with Crippen LogP contribution < -0.4 is 4.72 Å². The molecule has 0 aliphatic rings. The van der Waals surface area contributed by atoms with Crippen LogP contribution in [-0.2, 0) is 10.0 Å². The smallest absolute Gasteiger partial charge is 0.262 e. The van der Waals surface area contributed by atoms with Gasteiger partial charge in [0.15, 0.2) is 5.82 Å².